The Balaban J connectivity index is 2.29. The van der Waals surface area contributed by atoms with Gasteiger partial charge in [-0.15, -0.1) is 0 Å². The first-order valence-corrected chi connectivity index (χ1v) is 7.27. The fourth-order valence-electron chi connectivity index (χ4n) is 2.13. The summed E-state index contributed by atoms with van der Waals surface area (Å²) in [5.74, 6) is 0. The van der Waals surface area contributed by atoms with Gasteiger partial charge in [0.05, 0.1) is 6.33 Å². The van der Waals surface area contributed by atoms with Crippen LogP contribution in [0.25, 0.3) is 0 Å². The van der Waals surface area contributed by atoms with Gasteiger partial charge in [-0.3, -0.25) is 0 Å². The van der Waals surface area contributed by atoms with Crippen LogP contribution < -0.4 is 5.73 Å². The molecule has 0 bridgehead atoms. The average molecular weight is 258 g/mol. The predicted molar refractivity (Wildman–Crippen MR) is 63.9 cm³/mol. The highest BCUT2D eigenvalue weighted by atomic mass is 32.2. The second kappa shape index (κ2) is 4.75. The molecular weight excluding hydrogens is 240 g/mol. The number of aryl methyl sites for hydroxylation is 1. The molecule has 2 rings (SSSR count). The molecule has 1 aliphatic heterocycles. The zero-order chi connectivity index (χ0) is 12.5. The Kier molecular flexibility index (Phi) is 3.50. The molecule has 6 nitrogen and oxygen atoms in total. The van der Waals surface area contributed by atoms with Crippen molar-refractivity contribution in [3.8, 4) is 0 Å². The van der Waals surface area contributed by atoms with Crippen molar-refractivity contribution in [2.24, 2.45) is 5.73 Å². The lowest BCUT2D eigenvalue weighted by atomic mass is 10.2. The third-order valence-corrected chi connectivity index (χ3v) is 4.98. The van der Waals surface area contributed by atoms with Crippen molar-refractivity contribution in [3.05, 3.63) is 12.5 Å². The van der Waals surface area contributed by atoms with Gasteiger partial charge in [0.1, 0.15) is 0 Å². The quantitative estimate of drug-likeness (QED) is 0.825. The van der Waals surface area contributed by atoms with Gasteiger partial charge in [0.25, 0.3) is 10.0 Å². The van der Waals surface area contributed by atoms with E-state index in [1.165, 1.54) is 4.31 Å². The van der Waals surface area contributed by atoms with Crippen molar-refractivity contribution < 1.29 is 8.42 Å². The summed E-state index contributed by atoms with van der Waals surface area (Å²) in [6.07, 6.45) is 4.82. The maximum absolute atomic E-state index is 12.3. The summed E-state index contributed by atoms with van der Waals surface area (Å²) in [6.45, 7) is 3.57. The van der Waals surface area contributed by atoms with E-state index in [4.69, 9.17) is 5.73 Å². The summed E-state index contributed by atoms with van der Waals surface area (Å²) >= 11 is 0. The van der Waals surface area contributed by atoms with Gasteiger partial charge in [-0.25, -0.2) is 13.4 Å². The van der Waals surface area contributed by atoms with Crippen molar-refractivity contribution in [2.75, 3.05) is 13.1 Å². The Morgan fingerprint density at radius 3 is 2.94 bits per heavy atom. The van der Waals surface area contributed by atoms with Crippen LogP contribution in [0.15, 0.2) is 17.6 Å². The molecule has 2 heterocycles. The van der Waals surface area contributed by atoms with E-state index in [0.29, 0.717) is 19.6 Å². The number of imidazole rings is 1. The second-order valence-electron chi connectivity index (χ2n) is 4.19. The minimum atomic E-state index is -3.47. The van der Waals surface area contributed by atoms with Gasteiger partial charge in [-0.1, -0.05) is 0 Å². The number of nitrogens with zero attached hydrogens (tertiary/aromatic N) is 3. The zero-order valence-corrected chi connectivity index (χ0v) is 10.7. The normalized spacial score (nSPS) is 22.1. The van der Waals surface area contributed by atoms with E-state index in [1.807, 2.05) is 6.92 Å². The molecule has 0 saturated carbocycles. The van der Waals surface area contributed by atoms with E-state index in [0.717, 1.165) is 12.8 Å². The van der Waals surface area contributed by atoms with Crippen LogP contribution in [-0.4, -0.2) is 41.4 Å². The van der Waals surface area contributed by atoms with Crippen LogP contribution in [0.1, 0.15) is 19.8 Å². The Morgan fingerprint density at radius 2 is 2.35 bits per heavy atom. The van der Waals surface area contributed by atoms with Crippen molar-refractivity contribution in [1.82, 2.24) is 13.9 Å². The van der Waals surface area contributed by atoms with Crippen LogP contribution in [0.3, 0.4) is 0 Å². The Labute approximate surface area is 101 Å². The molecule has 0 radical (unpaired) electrons. The molecule has 1 aliphatic rings. The molecule has 96 valence electrons. The SMILES string of the molecule is CCn1cnc(S(=O)(=O)N2CCCC2CN)c1. The number of rotatable bonds is 4. The lowest BCUT2D eigenvalue weighted by Crippen LogP contribution is -2.39. The van der Waals surface area contributed by atoms with Gasteiger partial charge in [0.15, 0.2) is 5.03 Å². The lowest BCUT2D eigenvalue weighted by Gasteiger charge is -2.21. The highest BCUT2D eigenvalue weighted by Gasteiger charge is 2.35. The van der Waals surface area contributed by atoms with Crippen molar-refractivity contribution >= 4 is 10.0 Å². The molecule has 17 heavy (non-hydrogen) atoms. The second-order valence-corrected chi connectivity index (χ2v) is 6.03. The number of aromatic nitrogens is 2. The van der Waals surface area contributed by atoms with E-state index in [2.05, 4.69) is 4.98 Å². The van der Waals surface area contributed by atoms with Crippen LogP contribution in [0.2, 0.25) is 0 Å². The van der Waals surface area contributed by atoms with Crippen molar-refractivity contribution in [2.45, 2.75) is 37.4 Å². The van der Waals surface area contributed by atoms with Gasteiger partial charge in [0, 0.05) is 31.9 Å². The summed E-state index contributed by atoms with van der Waals surface area (Å²) in [4.78, 5) is 3.96. The highest BCUT2D eigenvalue weighted by Crippen LogP contribution is 2.24. The van der Waals surface area contributed by atoms with E-state index in [1.54, 1.807) is 17.1 Å². The number of nitrogens with two attached hydrogens (primary N) is 1. The molecule has 0 amide bonds. The average Bonchev–Trinajstić information content (AvgIpc) is 2.97. The Morgan fingerprint density at radius 1 is 1.59 bits per heavy atom. The zero-order valence-electron chi connectivity index (χ0n) is 9.91. The molecule has 1 fully saturated rings. The van der Waals surface area contributed by atoms with Gasteiger partial charge in [-0.05, 0) is 19.8 Å². The summed E-state index contributed by atoms with van der Waals surface area (Å²) in [6, 6.07) is -0.0771. The number of hydrogen-bond donors (Lipinski definition) is 1. The lowest BCUT2D eigenvalue weighted by molar-refractivity contribution is 0.391. The monoisotopic (exact) mass is 258 g/mol. The molecular formula is C10H18N4O2S. The highest BCUT2D eigenvalue weighted by molar-refractivity contribution is 7.89. The largest absolute Gasteiger partial charge is 0.336 e. The first-order chi connectivity index (χ1) is 8.09. The molecule has 1 saturated heterocycles. The molecule has 0 aromatic carbocycles. The molecule has 1 atom stereocenters. The maximum atomic E-state index is 12.3. The van der Waals surface area contributed by atoms with Gasteiger partial charge in [0.2, 0.25) is 0 Å². The van der Waals surface area contributed by atoms with E-state index < -0.39 is 10.0 Å². The minimum Gasteiger partial charge on any atom is -0.336 e. The van der Waals surface area contributed by atoms with Crippen LogP contribution in [0, 0.1) is 0 Å². The summed E-state index contributed by atoms with van der Waals surface area (Å²) in [5.41, 5.74) is 5.60. The standard InChI is InChI=1S/C10H18N4O2S/c1-2-13-7-10(12-8-13)17(15,16)14-5-3-4-9(14)6-11/h7-9H,2-6,11H2,1H3. The molecule has 2 N–H and O–H groups in total. The maximum Gasteiger partial charge on any atom is 0.262 e. The van der Waals surface area contributed by atoms with Crippen LogP contribution in [0.4, 0.5) is 0 Å². The fraction of sp³-hybridized carbons (Fsp3) is 0.700. The van der Waals surface area contributed by atoms with Gasteiger partial charge < -0.3 is 10.3 Å². The summed E-state index contributed by atoms with van der Waals surface area (Å²) < 4.78 is 27.9. The van der Waals surface area contributed by atoms with Crippen LogP contribution in [-0.2, 0) is 16.6 Å². The first kappa shape index (κ1) is 12.5. The Bertz CT molecular complexity index is 482. The van der Waals surface area contributed by atoms with E-state index >= 15 is 0 Å². The predicted octanol–water partition coefficient (Wildman–Crippen LogP) is 0.0148. The molecule has 1 aromatic heterocycles. The topological polar surface area (TPSA) is 81.2 Å². The smallest absolute Gasteiger partial charge is 0.262 e. The van der Waals surface area contributed by atoms with Crippen LogP contribution >= 0.6 is 0 Å². The van der Waals surface area contributed by atoms with Gasteiger partial charge >= 0.3 is 0 Å². The first-order valence-electron chi connectivity index (χ1n) is 5.83. The fourth-order valence-corrected chi connectivity index (χ4v) is 3.77. The third kappa shape index (κ3) is 2.22. The van der Waals surface area contributed by atoms with E-state index in [9.17, 15) is 8.42 Å². The van der Waals surface area contributed by atoms with Crippen LogP contribution in [0.5, 0.6) is 0 Å². The molecule has 1 unspecified atom stereocenters. The molecule has 0 spiro atoms. The summed E-state index contributed by atoms with van der Waals surface area (Å²) in [5, 5.41) is 0.125. The number of hydrogen-bond acceptors (Lipinski definition) is 4. The van der Waals surface area contributed by atoms with Crippen molar-refractivity contribution in [1.29, 1.82) is 0 Å². The molecule has 1 aromatic rings. The van der Waals surface area contributed by atoms with Gasteiger partial charge in [-0.2, -0.15) is 4.31 Å². The molecule has 0 aliphatic carbocycles. The summed E-state index contributed by atoms with van der Waals surface area (Å²) in [7, 11) is -3.47. The Hall–Kier alpha value is -0.920. The molecule has 7 heteroatoms. The van der Waals surface area contributed by atoms with E-state index in [-0.39, 0.29) is 11.1 Å². The minimum absolute atomic E-state index is 0.0771. The number of sulfonamides is 1. The third-order valence-electron chi connectivity index (χ3n) is 3.14. The van der Waals surface area contributed by atoms with Crippen molar-refractivity contribution in [3.63, 3.8) is 0 Å².